The second-order valence-electron chi connectivity index (χ2n) is 4.33. The van der Waals surface area contributed by atoms with Crippen LogP contribution in [-0.2, 0) is 6.42 Å². The maximum absolute atomic E-state index is 5.92. The molecule has 0 amide bonds. The van der Waals surface area contributed by atoms with Crippen LogP contribution in [0.4, 0.5) is 0 Å². The largest absolute Gasteiger partial charge is 0.492 e. The van der Waals surface area contributed by atoms with Crippen molar-refractivity contribution in [1.82, 2.24) is 5.32 Å². The first kappa shape index (κ1) is 14.0. The molecule has 0 heterocycles. The molecule has 1 N–H and O–H groups in total. The van der Waals surface area contributed by atoms with Gasteiger partial charge >= 0.3 is 0 Å². The number of hydrogen-bond donors (Lipinski definition) is 1. The lowest BCUT2D eigenvalue weighted by molar-refractivity contribution is 0.258. The Morgan fingerprint density at radius 2 is 1.94 bits per heavy atom. The molecule has 1 rings (SSSR count). The lowest BCUT2D eigenvalue weighted by Crippen LogP contribution is -2.34. The SMILES string of the molecule is CCCNC(CC)COc1ccccc1CC. The minimum atomic E-state index is 0.458. The Morgan fingerprint density at radius 3 is 2.59 bits per heavy atom. The molecule has 0 saturated heterocycles. The van der Waals surface area contributed by atoms with Crippen molar-refractivity contribution in [2.45, 2.75) is 46.1 Å². The summed E-state index contributed by atoms with van der Waals surface area (Å²) in [5, 5.41) is 3.50. The highest BCUT2D eigenvalue weighted by atomic mass is 16.5. The Hall–Kier alpha value is -1.02. The van der Waals surface area contributed by atoms with E-state index < -0.39 is 0 Å². The first-order valence-corrected chi connectivity index (χ1v) is 6.75. The maximum atomic E-state index is 5.92. The number of ether oxygens (including phenoxy) is 1. The Labute approximate surface area is 105 Å². The molecule has 0 radical (unpaired) electrons. The van der Waals surface area contributed by atoms with E-state index in [1.165, 1.54) is 12.0 Å². The van der Waals surface area contributed by atoms with Crippen molar-refractivity contribution < 1.29 is 4.74 Å². The fraction of sp³-hybridized carbons (Fsp3) is 0.600. The van der Waals surface area contributed by atoms with Gasteiger partial charge in [-0.3, -0.25) is 0 Å². The molecular formula is C15H25NO. The molecule has 0 aliphatic heterocycles. The highest BCUT2D eigenvalue weighted by Crippen LogP contribution is 2.18. The highest BCUT2D eigenvalue weighted by molar-refractivity contribution is 5.33. The van der Waals surface area contributed by atoms with Gasteiger partial charge in [0.2, 0.25) is 0 Å². The molecule has 0 spiro atoms. The number of benzene rings is 1. The molecule has 1 atom stereocenters. The molecule has 0 fully saturated rings. The lowest BCUT2D eigenvalue weighted by atomic mass is 10.1. The van der Waals surface area contributed by atoms with E-state index in [4.69, 9.17) is 4.74 Å². The average molecular weight is 235 g/mol. The van der Waals surface area contributed by atoms with Gasteiger partial charge in [0.1, 0.15) is 12.4 Å². The summed E-state index contributed by atoms with van der Waals surface area (Å²) < 4.78 is 5.92. The van der Waals surface area contributed by atoms with Gasteiger partial charge in [-0.1, -0.05) is 39.0 Å². The normalized spacial score (nSPS) is 12.4. The summed E-state index contributed by atoms with van der Waals surface area (Å²) in [4.78, 5) is 0. The van der Waals surface area contributed by atoms with Crippen LogP contribution in [0.25, 0.3) is 0 Å². The third-order valence-corrected chi connectivity index (χ3v) is 2.97. The zero-order valence-corrected chi connectivity index (χ0v) is 11.3. The minimum absolute atomic E-state index is 0.458. The third-order valence-electron chi connectivity index (χ3n) is 2.97. The average Bonchev–Trinajstić information content (AvgIpc) is 2.39. The maximum Gasteiger partial charge on any atom is 0.122 e. The molecule has 0 aliphatic rings. The van der Waals surface area contributed by atoms with Crippen molar-refractivity contribution in [2.24, 2.45) is 0 Å². The van der Waals surface area contributed by atoms with Crippen LogP contribution in [0.1, 0.15) is 39.2 Å². The highest BCUT2D eigenvalue weighted by Gasteiger charge is 2.07. The summed E-state index contributed by atoms with van der Waals surface area (Å²) in [5.41, 5.74) is 1.29. The molecule has 96 valence electrons. The topological polar surface area (TPSA) is 21.3 Å². The van der Waals surface area contributed by atoms with Gasteiger partial charge in [0.05, 0.1) is 0 Å². The van der Waals surface area contributed by atoms with Gasteiger partial charge in [0.15, 0.2) is 0 Å². The van der Waals surface area contributed by atoms with Crippen molar-refractivity contribution in [3.63, 3.8) is 0 Å². The first-order valence-electron chi connectivity index (χ1n) is 6.75. The zero-order chi connectivity index (χ0) is 12.5. The fourth-order valence-electron chi connectivity index (χ4n) is 1.80. The van der Waals surface area contributed by atoms with Gasteiger partial charge in [0.25, 0.3) is 0 Å². The predicted molar refractivity (Wildman–Crippen MR) is 73.7 cm³/mol. The van der Waals surface area contributed by atoms with Gasteiger partial charge in [-0.2, -0.15) is 0 Å². The smallest absolute Gasteiger partial charge is 0.122 e. The molecule has 0 bridgehead atoms. The predicted octanol–water partition coefficient (Wildman–Crippen LogP) is 3.41. The molecule has 1 aromatic rings. The zero-order valence-electron chi connectivity index (χ0n) is 11.3. The van der Waals surface area contributed by atoms with Gasteiger partial charge in [-0.25, -0.2) is 0 Å². The number of rotatable bonds is 8. The van der Waals surface area contributed by atoms with E-state index in [1.807, 2.05) is 6.07 Å². The van der Waals surface area contributed by atoms with Gasteiger partial charge in [-0.15, -0.1) is 0 Å². The van der Waals surface area contributed by atoms with Crippen LogP contribution >= 0.6 is 0 Å². The lowest BCUT2D eigenvalue weighted by Gasteiger charge is -2.18. The molecule has 2 heteroatoms. The quantitative estimate of drug-likeness (QED) is 0.745. The van der Waals surface area contributed by atoms with E-state index in [2.05, 4.69) is 44.3 Å². The van der Waals surface area contributed by atoms with E-state index in [-0.39, 0.29) is 0 Å². The number of aryl methyl sites for hydroxylation is 1. The van der Waals surface area contributed by atoms with Crippen LogP contribution in [0.2, 0.25) is 0 Å². The number of nitrogens with one attached hydrogen (secondary N) is 1. The van der Waals surface area contributed by atoms with Crippen molar-refractivity contribution in [1.29, 1.82) is 0 Å². The van der Waals surface area contributed by atoms with Crippen LogP contribution < -0.4 is 10.1 Å². The Kier molecular flexibility index (Phi) is 6.71. The summed E-state index contributed by atoms with van der Waals surface area (Å²) in [5.74, 6) is 1.03. The van der Waals surface area contributed by atoms with Crippen LogP contribution in [0.15, 0.2) is 24.3 Å². The molecule has 1 aromatic carbocycles. The van der Waals surface area contributed by atoms with Gasteiger partial charge < -0.3 is 10.1 Å². The van der Waals surface area contributed by atoms with Crippen LogP contribution in [0.3, 0.4) is 0 Å². The Balaban J connectivity index is 2.47. The second-order valence-corrected chi connectivity index (χ2v) is 4.33. The fourth-order valence-corrected chi connectivity index (χ4v) is 1.80. The molecule has 17 heavy (non-hydrogen) atoms. The standard InChI is InChI=1S/C15H25NO/c1-4-11-16-14(6-3)12-17-15-10-8-7-9-13(15)5-2/h7-10,14,16H,4-6,11-12H2,1-3H3. The van der Waals surface area contributed by atoms with Crippen molar-refractivity contribution >= 4 is 0 Å². The van der Waals surface area contributed by atoms with Gasteiger partial charge in [-0.05, 0) is 37.4 Å². The Morgan fingerprint density at radius 1 is 1.18 bits per heavy atom. The van der Waals surface area contributed by atoms with Crippen LogP contribution in [0, 0.1) is 0 Å². The third kappa shape index (κ3) is 4.78. The van der Waals surface area contributed by atoms with Crippen molar-refractivity contribution in [3.8, 4) is 5.75 Å². The molecular weight excluding hydrogens is 210 g/mol. The molecule has 2 nitrogen and oxygen atoms in total. The van der Waals surface area contributed by atoms with Crippen LogP contribution in [0.5, 0.6) is 5.75 Å². The molecule has 0 aliphatic carbocycles. The first-order chi connectivity index (χ1) is 8.31. The summed E-state index contributed by atoms with van der Waals surface area (Å²) in [6, 6.07) is 8.76. The van der Waals surface area contributed by atoms with E-state index in [0.29, 0.717) is 6.04 Å². The second kappa shape index (κ2) is 8.13. The Bertz CT molecular complexity index is 312. The summed E-state index contributed by atoms with van der Waals surface area (Å²) in [7, 11) is 0. The van der Waals surface area contributed by atoms with Crippen LogP contribution in [-0.4, -0.2) is 19.2 Å². The molecule has 0 saturated carbocycles. The summed E-state index contributed by atoms with van der Waals surface area (Å²) in [6.07, 6.45) is 3.30. The van der Waals surface area contributed by atoms with E-state index in [1.54, 1.807) is 0 Å². The van der Waals surface area contributed by atoms with E-state index >= 15 is 0 Å². The molecule has 1 unspecified atom stereocenters. The van der Waals surface area contributed by atoms with Crippen molar-refractivity contribution in [2.75, 3.05) is 13.2 Å². The summed E-state index contributed by atoms with van der Waals surface area (Å²) >= 11 is 0. The number of hydrogen-bond acceptors (Lipinski definition) is 2. The number of para-hydroxylation sites is 1. The monoisotopic (exact) mass is 235 g/mol. The van der Waals surface area contributed by atoms with Crippen molar-refractivity contribution in [3.05, 3.63) is 29.8 Å². The van der Waals surface area contributed by atoms with E-state index in [0.717, 1.165) is 31.7 Å². The molecule has 0 aromatic heterocycles. The summed E-state index contributed by atoms with van der Waals surface area (Å²) in [6.45, 7) is 8.37. The van der Waals surface area contributed by atoms with Gasteiger partial charge in [0, 0.05) is 6.04 Å². The minimum Gasteiger partial charge on any atom is -0.492 e. The van der Waals surface area contributed by atoms with E-state index in [9.17, 15) is 0 Å².